The van der Waals surface area contributed by atoms with Crippen LogP contribution in [0.15, 0.2) is 22.7 Å². The van der Waals surface area contributed by atoms with Gasteiger partial charge in [0.1, 0.15) is 11.4 Å². The summed E-state index contributed by atoms with van der Waals surface area (Å²) in [6, 6.07) is 5.63. The molecule has 1 aromatic heterocycles. The van der Waals surface area contributed by atoms with Crippen molar-refractivity contribution < 1.29 is 9.26 Å². The van der Waals surface area contributed by atoms with Crippen molar-refractivity contribution in [3.8, 4) is 17.0 Å². The minimum absolute atomic E-state index is 0.304. The number of rotatable bonds is 2. The lowest BCUT2D eigenvalue weighted by Crippen LogP contribution is -1.93. The van der Waals surface area contributed by atoms with E-state index in [4.69, 9.17) is 15.0 Å². The highest BCUT2D eigenvalue weighted by Crippen LogP contribution is 2.34. The van der Waals surface area contributed by atoms with Crippen LogP contribution in [0.25, 0.3) is 11.3 Å². The van der Waals surface area contributed by atoms with Crippen molar-refractivity contribution in [2.45, 2.75) is 13.8 Å². The molecular weight excluding hydrogens is 204 g/mol. The van der Waals surface area contributed by atoms with E-state index >= 15 is 0 Å². The van der Waals surface area contributed by atoms with Gasteiger partial charge in [0.2, 0.25) is 5.88 Å². The molecule has 0 aliphatic heterocycles. The number of nitrogen functional groups attached to an aromatic ring is 1. The predicted molar refractivity (Wildman–Crippen MR) is 62.4 cm³/mol. The SMILES string of the molecule is COc1ccc(C)c(C)c1-c1cc(N)on1. The summed E-state index contributed by atoms with van der Waals surface area (Å²) in [5, 5.41) is 3.92. The summed E-state index contributed by atoms with van der Waals surface area (Å²) in [5.41, 5.74) is 9.46. The number of ether oxygens (including phenoxy) is 1. The van der Waals surface area contributed by atoms with E-state index in [0.717, 1.165) is 16.9 Å². The topological polar surface area (TPSA) is 61.3 Å². The van der Waals surface area contributed by atoms with Gasteiger partial charge in [-0.15, -0.1) is 0 Å². The number of hydrogen-bond donors (Lipinski definition) is 1. The third-order valence-electron chi connectivity index (χ3n) is 2.70. The lowest BCUT2D eigenvalue weighted by Gasteiger charge is -2.11. The summed E-state index contributed by atoms with van der Waals surface area (Å²) in [6.07, 6.45) is 0. The smallest absolute Gasteiger partial charge is 0.222 e. The molecule has 1 heterocycles. The largest absolute Gasteiger partial charge is 0.496 e. The summed E-state index contributed by atoms with van der Waals surface area (Å²) in [5.74, 6) is 1.08. The third kappa shape index (κ3) is 1.62. The molecule has 0 saturated heterocycles. The fourth-order valence-corrected chi connectivity index (χ4v) is 1.69. The Morgan fingerprint density at radius 2 is 2.06 bits per heavy atom. The molecule has 0 amide bonds. The number of methoxy groups -OCH3 is 1. The Hall–Kier alpha value is -1.97. The van der Waals surface area contributed by atoms with E-state index in [1.165, 1.54) is 5.56 Å². The van der Waals surface area contributed by atoms with Crippen LogP contribution in [-0.4, -0.2) is 12.3 Å². The van der Waals surface area contributed by atoms with E-state index in [1.54, 1.807) is 13.2 Å². The first-order chi connectivity index (χ1) is 7.63. The van der Waals surface area contributed by atoms with E-state index < -0.39 is 0 Å². The van der Waals surface area contributed by atoms with Gasteiger partial charge in [0, 0.05) is 11.6 Å². The van der Waals surface area contributed by atoms with Gasteiger partial charge in [-0.05, 0) is 31.0 Å². The molecule has 0 atom stereocenters. The average molecular weight is 218 g/mol. The highest BCUT2D eigenvalue weighted by molar-refractivity contribution is 5.73. The van der Waals surface area contributed by atoms with Gasteiger partial charge in [-0.1, -0.05) is 11.2 Å². The number of benzene rings is 1. The van der Waals surface area contributed by atoms with Crippen molar-refractivity contribution in [3.63, 3.8) is 0 Å². The molecule has 0 aliphatic carbocycles. The summed E-state index contributed by atoms with van der Waals surface area (Å²) in [7, 11) is 1.64. The van der Waals surface area contributed by atoms with Crippen molar-refractivity contribution in [1.29, 1.82) is 0 Å². The quantitative estimate of drug-likeness (QED) is 0.841. The summed E-state index contributed by atoms with van der Waals surface area (Å²) in [6.45, 7) is 4.07. The van der Waals surface area contributed by atoms with Crippen LogP contribution in [0.2, 0.25) is 0 Å². The Morgan fingerprint density at radius 3 is 2.62 bits per heavy atom. The first-order valence-electron chi connectivity index (χ1n) is 5.00. The highest BCUT2D eigenvalue weighted by Gasteiger charge is 2.14. The second kappa shape index (κ2) is 3.89. The van der Waals surface area contributed by atoms with Crippen LogP contribution in [0.3, 0.4) is 0 Å². The molecule has 2 aromatic rings. The van der Waals surface area contributed by atoms with Gasteiger partial charge in [0.05, 0.1) is 7.11 Å². The molecule has 2 rings (SSSR count). The third-order valence-corrected chi connectivity index (χ3v) is 2.70. The number of aromatic nitrogens is 1. The van der Waals surface area contributed by atoms with Crippen LogP contribution in [0.5, 0.6) is 5.75 Å². The number of nitrogens with zero attached hydrogens (tertiary/aromatic N) is 1. The van der Waals surface area contributed by atoms with Crippen molar-refractivity contribution >= 4 is 5.88 Å². The number of aryl methyl sites for hydroxylation is 1. The summed E-state index contributed by atoms with van der Waals surface area (Å²) < 4.78 is 10.2. The molecule has 4 nitrogen and oxygen atoms in total. The van der Waals surface area contributed by atoms with Gasteiger partial charge in [-0.25, -0.2) is 0 Å². The molecular formula is C12H14N2O2. The standard InChI is InChI=1S/C12H14N2O2/c1-7-4-5-10(15-3)12(8(7)2)9-6-11(13)16-14-9/h4-6H,13H2,1-3H3. The molecule has 16 heavy (non-hydrogen) atoms. The van der Waals surface area contributed by atoms with Crippen LogP contribution in [0.4, 0.5) is 5.88 Å². The molecule has 0 spiro atoms. The van der Waals surface area contributed by atoms with E-state index in [-0.39, 0.29) is 0 Å². The van der Waals surface area contributed by atoms with Crippen LogP contribution in [0, 0.1) is 13.8 Å². The molecule has 84 valence electrons. The minimum Gasteiger partial charge on any atom is -0.496 e. The molecule has 0 bridgehead atoms. The van der Waals surface area contributed by atoms with Crippen molar-refractivity contribution in [3.05, 3.63) is 29.3 Å². The second-order valence-corrected chi connectivity index (χ2v) is 3.70. The maximum atomic E-state index is 5.53. The lowest BCUT2D eigenvalue weighted by atomic mass is 10.00. The summed E-state index contributed by atoms with van der Waals surface area (Å²) in [4.78, 5) is 0. The Morgan fingerprint density at radius 1 is 1.31 bits per heavy atom. The number of nitrogens with two attached hydrogens (primary N) is 1. The molecule has 0 saturated carbocycles. The first-order valence-corrected chi connectivity index (χ1v) is 5.00. The molecule has 0 unspecified atom stereocenters. The monoisotopic (exact) mass is 218 g/mol. The molecule has 0 fully saturated rings. The molecule has 4 heteroatoms. The maximum Gasteiger partial charge on any atom is 0.222 e. The zero-order chi connectivity index (χ0) is 11.7. The van der Waals surface area contributed by atoms with Crippen molar-refractivity contribution in [2.24, 2.45) is 0 Å². The Balaban J connectivity index is 2.66. The zero-order valence-corrected chi connectivity index (χ0v) is 9.57. The van der Waals surface area contributed by atoms with Crippen LogP contribution < -0.4 is 10.5 Å². The lowest BCUT2D eigenvalue weighted by molar-refractivity contribution is 0.413. The van der Waals surface area contributed by atoms with Gasteiger partial charge >= 0.3 is 0 Å². The Bertz CT molecular complexity index is 518. The zero-order valence-electron chi connectivity index (χ0n) is 9.57. The second-order valence-electron chi connectivity index (χ2n) is 3.70. The summed E-state index contributed by atoms with van der Waals surface area (Å²) >= 11 is 0. The van der Waals surface area contributed by atoms with Crippen molar-refractivity contribution in [1.82, 2.24) is 5.16 Å². The molecule has 0 aliphatic rings. The number of anilines is 1. The van der Waals surface area contributed by atoms with Gasteiger partial charge in [0.25, 0.3) is 0 Å². The first kappa shape index (κ1) is 10.5. The van der Waals surface area contributed by atoms with Crippen LogP contribution >= 0.6 is 0 Å². The Kier molecular flexibility index (Phi) is 2.56. The Labute approximate surface area is 94.0 Å². The van der Waals surface area contributed by atoms with E-state index in [9.17, 15) is 0 Å². The van der Waals surface area contributed by atoms with E-state index in [1.807, 2.05) is 26.0 Å². The number of hydrogen-bond acceptors (Lipinski definition) is 4. The van der Waals surface area contributed by atoms with Crippen LogP contribution in [0.1, 0.15) is 11.1 Å². The van der Waals surface area contributed by atoms with Gasteiger partial charge in [-0.2, -0.15) is 0 Å². The minimum atomic E-state index is 0.304. The predicted octanol–water partition coefficient (Wildman–Crippen LogP) is 2.55. The van der Waals surface area contributed by atoms with Crippen LogP contribution in [-0.2, 0) is 0 Å². The normalized spacial score (nSPS) is 10.4. The molecule has 1 aromatic carbocycles. The molecule has 0 radical (unpaired) electrons. The maximum absolute atomic E-state index is 5.53. The van der Waals surface area contributed by atoms with E-state index in [0.29, 0.717) is 11.6 Å². The van der Waals surface area contributed by atoms with Gasteiger partial charge < -0.3 is 15.0 Å². The van der Waals surface area contributed by atoms with E-state index in [2.05, 4.69) is 5.16 Å². The fourth-order valence-electron chi connectivity index (χ4n) is 1.69. The highest BCUT2D eigenvalue weighted by atomic mass is 16.5. The van der Waals surface area contributed by atoms with Gasteiger partial charge in [-0.3, -0.25) is 0 Å². The van der Waals surface area contributed by atoms with Crippen molar-refractivity contribution in [2.75, 3.05) is 12.8 Å². The average Bonchev–Trinajstić information content (AvgIpc) is 2.68. The molecule has 2 N–H and O–H groups in total. The fraction of sp³-hybridized carbons (Fsp3) is 0.250. The van der Waals surface area contributed by atoms with Gasteiger partial charge in [0.15, 0.2) is 0 Å².